The number of nitrogens with one attached hydrogen (secondary N) is 2. The van der Waals surface area contributed by atoms with Crippen LogP contribution in [0.15, 0.2) is 66.7 Å². The van der Waals surface area contributed by atoms with Crippen LogP contribution in [-0.4, -0.2) is 20.8 Å². The molecule has 0 saturated heterocycles. The highest BCUT2D eigenvalue weighted by atomic mass is 35.5. The highest BCUT2D eigenvalue weighted by Gasteiger charge is 2.14. The number of carbonyl (C=O) groups excluding carboxylic acids is 1. The van der Waals surface area contributed by atoms with E-state index in [1.54, 1.807) is 18.2 Å². The van der Waals surface area contributed by atoms with Crippen molar-refractivity contribution in [3.63, 3.8) is 0 Å². The quantitative estimate of drug-likeness (QED) is 0.375. The number of aromatic nitrogens is 2. The van der Waals surface area contributed by atoms with Gasteiger partial charge < -0.3 is 10.3 Å². The number of nitrogens with zero attached hydrogens (tertiary/aromatic N) is 2. The van der Waals surface area contributed by atoms with Crippen LogP contribution in [0.3, 0.4) is 0 Å². The van der Waals surface area contributed by atoms with E-state index in [2.05, 4.69) is 15.3 Å². The molecule has 0 bridgehead atoms. The number of H-pyrrole nitrogens is 1. The Kier molecular flexibility index (Phi) is 4.50. The van der Waals surface area contributed by atoms with E-state index in [0.717, 1.165) is 11.0 Å². The molecule has 1 amide bonds. The molecule has 8 heteroatoms. The molecule has 4 rings (SSSR count). The molecule has 0 radical (unpaired) electrons. The largest absolute Gasteiger partial charge is 0.338 e. The maximum absolute atomic E-state index is 12.5. The first kappa shape index (κ1) is 17.7. The van der Waals surface area contributed by atoms with Crippen molar-refractivity contribution >= 4 is 39.9 Å². The summed E-state index contributed by atoms with van der Waals surface area (Å²) in [6.45, 7) is 0. The summed E-state index contributed by atoms with van der Waals surface area (Å²) in [5.41, 5.74) is 2.85. The lowest BCUT2D eigenvalue weighted by molar-refractivity contribution is -0.384. The van der Waals surface area contributed by atoms with E-state index in [4.69, 9.17) is 11.6 Å². The number of benzene rings is 3. The van der Waals surface area contributed by atoms with Crippen molar-refractivity contribution in [1.29, 1.82) is 0 Å². The van der Waals surface area contributed by atoms with Crippen LogP contribution in [0.5, 0.6) is 0 Å². The van der Waals surface area contributed by atoms with E-state index >= 15 is 0 Å². The molecule has 0 spiro atoms. The molecule has 0 saturated carbocycles. The molecule has 4 aromatic rings. The third-order valence-electron chi connectivity index (χ3n) is 4.19. The molecule has 28 heavy (non-hydrogen) atoms. The number of fused-ring (bicyclic) bond motifs is 1. The maximum Gasteiger partial charge on any atom is 0.270 e. The number of non-ortho nitro benzene ring substituents is 1. The van der Waals surface area contributed by atoms with Crippen molar-refractivity contribution < 1.29 is 9.72 Å². The number of para-hydroxylation sites is 2. The van der Waals surface area contributed by atoms with E-state index in [1.807, 2.05) is 24.3 Å². The molecule has 1 aromatic heterocycles. The van der Waals surface area contributed by atoms with Gasteiger partial charge in [0.1, 0.15) is 5.82 Å². The number of carbonyl (C=O) groups is 1. The smallest absolute Gasteiger partial charge is 0.270 e. The molecule has 0 fully saturated rings. The number of rotatable bonds is 4. The van der Waals surface area contributed by atoms with Gasteiger partial charge in [0.15, 0.2) is 0 Å². The summed E-state index contributed by atoms with van der Waals surface area (Å²) in [6, 6.07) is 18.2. The maximum atomic E-state index is 12.5. The number of hydrogen-bond donors (Lipinski definition) is 2. The summed E-state index contributed by atoms with van der Waals surface area (Å²) in [6.07, 6.45) is 0. The van der Waals surface area contributed by atoms with E-state index in [0.29, 0.717) is 22.1 Å². The van der Waals surface area contributed by atoms with Gasteiger partial charge in [-0.2, -0.15) is 0 Å². The van der Waals surface area contributed by atoms with Crippen LogP contribution < -0.4 is 5.32 Å². The summed E-state index contributed by atoms with van der Waals surface area (Å²) < 4.78 is 0. The fourth-order valence-corrected chi connectivity index (χ4v) is 3.04. The highest BCUT2D eigenvalue weighted by molar-refractivity contribution is 6.33. The SMILES string of the molecule is O=C(Nc1ccc(Cl)c(-c2nc3ccccc3[nH]2)c1)c1cccc([N+](=O)[O-])c1. The second kappa shape index (κ2) is 7.13. The minimum atomic E-state index is -0.543. The van der Waals surface area contributed by atoms with Gasteiger partial charge in [-0.1, -0.05) is 29.8 Å². The molecule has 0 aliphatic rings. The average Bonchev–Trinajstić information content (AvgIpc) is 3.13. The third-order valence-corrected chi connectivity index (χ3v) is 4.52. The normalized spacial score (nSPS) is 10.8. The minimum absolute atomic E-state index is 0.147. The van der Waals surface area contributed by atoms with E-state index in [1.165, 1.54) is 24.3 Å². The van der Waals surface area contributed by atoms with Gasteiger partial charge in [0.25, 0.3) is 11.6 Å². The number of nitro benzene ring substituents is 1. The Bertz CT molecular complexity index is 1190. The van der Waals surface area contributed by atoms with Crippen LogP contribution >= 0.6 is 11.6 Å². The topological polar surface area (TPSA) is 101 Å². The number of aromatic amines is 1. The molecule has 0 aliphatic heterocycles. The van der Waals surface area contributed by atoms with Crippen molar-refractivity contribution in [2.45, 2.75) is 0 Å². The number of halogens is 1. The van der Waals surface area contributed by atoms with Crippen LogP contribution in [0, 0.1) is 10.1 Å². The van der Waals surface area contributed by atoms with Crippen molar-refractivity contribution in [1.82, 2.24) is 9.97 Å². The molecule has 0 atom stereocenters. The Balaban J connectivity index is 1.64. The molecule has 0 aliphatic carbocycles. The monoisotopic (exact) mass is 392 g/mol. The van der Waals surface area contributed by atoms with Crippen molar-refractivity contribution in [2.75, 3.05) is 5.32 Å². The lowest BCUT2D eigenvalue weighted by Crippen LogP contribution is -2.12. The summed E-state index contributed by atoms with van der Waals surface area (Å²) in [5, 5.41) is 14.1. The van der Waals surface area contributed by atoms with Crippen LogP contribution in [0.2, 0.25) is 5.02 Å². The number of imidazole rings is 1. The zero-order valence-corrected chi connectivity index (χ0v) is 15.1. The van der Waals surface area contributed by atoms with Gasteiger partial charge >= 0.3 is 0 Å². The first-order valence-electron chi connectivity index (χ1n) is 8.32. The van der Waals surface area contributed by atoms with E-state index in [-0.39, 0.29) is 11.3 Å². The van der Waals surface area contributed by atoms with Crippen LogP contribution in [0.25, 0.3) is 22.4 Å². The fraction of sp³-hybridized carbons (Fsp3) is 0. The summed E-state index contributed by atoms with van der Waals surface area (Å²) in [7, 11) is 0. The Morgan fingerprint density at radius 1 is 1.07 bits per heavy atom. The standard InChI is InChI=1S/C20H13ClN4O3/c21-16-9-8-13(22-20(26)12-4-3-5-14(10-12)25(27)28)11-15(16)19-23-17-6-1-2-7-18(17)24-19/h1-11H,(H,22,26)(H,23,24). The second-order valence-electron chi connectivity index (χ2n) is 6.06. The number of anilines is 1. The van der Waals surface area contributed by atoms with Gasteiger partial charge in [-0.3, -0.25) is 14.9 Å². The van der Waals surface area contributed by atoms with E-state index in [9.17, 15) is 14.9 Å². The van der Waals surface area contributed by atoms with Crippen LogP contribution in [0.1, 0.15) is 10.4 Å². The highest BCUT2D eigenvalue weighted by Crippen LogP contribution is 2.30. The Labute approximate surface area is 164 Å². The zero-order valence-electron chi connectivity index (χ0n) is 14.3. The summed E-state index contributed by atoms with van der Waals surface area (Å²) in [4.78, 5) is 30.6. The van der Waals surface area contributed by atoms with Gasteiger partial charge in [0, 0.05) is 28.9 Å². The van der Waals surface area contributed by atoms with Crippen LogP contribution in [-0.2, 0) is 0 Å². The summed E-state index contributed by atoms with van der Waals surface area (Å²) >= 11 is 6.32. The van der Waals surface area contributed by atoms with Crippen molar-refractivity contribution in [2.24, 2.45) is 0 Å². The predicted octanol–water partition coefficient (Wildman–Crippen LogP) is 5.04. The number of nitro groups is 1. The molecule has 3 aromatic carbocycles. The Hall–Kier alpha value is -3.71. The molecule has 0 unspecified atom stereocenters. The Morgan fingerprint density at radius 2 is 1.89 bits per heavy atom. The molecule has 7 nitrogen and oxygen atoms in total. The zero-order chi connectivity index (χ0) is 19.7. The van der Waals surface area contributed by atoms with Crippen molar-refractivity contribution in [3.05, 3.63) is 87.4 Å². The predicted molar refractivity (Wildman–Crippen MR) is 108 cm³/mol. The first-order chi connectivity index (χ1) is 13.5. The first-order valence-corrected chi connectivity index (χ1v) is 8.69. The molecular weight excluding hydrogens is 380 g/mol. The molecule has 1 heterocycles. The van der Waals surface area contributed by atoms with Crippen molar-refractivity contribution in [3.8, 4) is 11.4 Å². The second-order valence-corrected chi connectivity index (χ2v) is 6.47. The lowest BCUT2D eigenvalue weighted by atomic mass is 10.1. The molecule has 138 valence electrons. The van der Waals surface area contributed by atoms with Crippen LogP contribution in [0.4, 0.5) is 11.4 Å². The molecular formula is C20H13ClN4O3. The van der Waals surface area contributed by atoms with Gasteiger partial charge in [0.05, 0.1) is 21.0 Å². The lowest BCUT2D eigenvalue weighted by Gasteiger charge is -2.08. The Morgan fingerprint density at radius 3 is 2.68 bits per heavy atom. The third kappa shape index (κ3) is 3.43. The number of amides is 1. The average molecular weight is 393 g/mol. The van der Waals surface area contributed by atoms with Gasteiger partial charge in [-0.25, -0.2) is 4.98 Å². The minimum Gasteiger partial charge on any atom is -0.338 e. The fourth-order valence-electron chi connectivity index (χ4n) is 2.83. The van der Waals surface area contributed by atoms with Gasteiger partial charge in [-0.15, -0.1) is 0 Å². The van der Waals surface area contributed by atoms with E-state index < -0.39 is 10.8 Å². The number of hydrogen-bond acceptors (Lipinski definition) is 4. The molecule has 2 N–H and O–H groups in total. The summed E-state index contributed by atoms with van der Waals surface area (Å²) in [5.74, 6) is 0.124. The van der Waals surface area contributed by atoms with Gasteiger partial charge in [-0.05, 0) is 36.4 Å². The van der Waals surface area contributed by atoms with Gasteiger partial charge in [0.2, 0.25) is 0 Å².